The molecule has 0 N–H and O–H groups in total. The SMILES string of the molecule is CCC(=O)N1CCN(CC(=O)c2cc(C)n(C(C)(C)C)c2C)CC1. The summed E-state index contributed by atoms with van der Waals surface area (Å²) in [5.41, 5.74) is 2.97. The molecule has 2 rings (SSSR count). The van der Waals surface area contributed by atoms with E-state index in [0.29, 0.717) is 13.0 Å². The fourth-order valence-corrected chi connectivity index (χ4v) is 3.74. The van der Waals surface area contributed by atoms with Gasteiger partial charge in [0.15, 0.2) is 5.78 Å². The third kappa shape index (κ3) is 3.89. The first kappa shape index (κ1) is 18.7. The summed E-state index contributed by atoms with van der Waals surface area (Å²) in [6, 6.07) is 2.01. The van der Waals surface area contributed by atoms with E-state index in [-0.39, 0.29) is 17.2 Å². The van der Waals surface area contributed by atoms with Crippen molar-refractivity contribution in [3.63, 3.8) is 0 Å². The first-order valence-electron chi connectivity index (χ1n) is 8.88. The normalized spacial score (nSPS) is 16.5. The predicted octanol–water partition coefficient (Wildman–Crippen LogP) is 2.60. The zero-order valence-electron chi connectivity index (χ0n) is 16.0. The topological polar surface area (TPSA) is 45.6 Å². The summed E-state index contributed by atoms with van der Waals surface area (Å²) in [4.78, 5) is 28.5. The maximum atomic E-state index is 12.8. The number of carbonyl (C=O) groups is 2. The smallest absolute Gasteiger partial charge is 0.222 e. The number of ketones is 1. The molecule has 0 radical (unpaired) electrons. The minimum Gasteiger partial charge on any atom is -0.343 e. The van der Waals surface area contributed by atoms with E-state index in [1.165, 1.54) is 0 Å². The molecule has 1 aromatic rings. The van der Waals surface area contributed by atoms with Gasteiger partial charge >= 0.3 is 0 Å². The molecule has 0 spiro atoms. The number of aryl methyl sites for hydroxylation is 1. The van der Waals surface area contributed by atoms with Gasteiger partial charge in [-0.1, -0.05) is 6.92 Å². The van der Waals surface area contributed by atoms with Gasteiger partial charge in [-0.05, 0) is 40.7 Å². The van der Waals surface area contributed by atoms with Gasteiger partial charge in [-0.3, -0.25) is 14.5 Å². The molecule has 1 aromatic heterocycles. The molecule has 0 unspecified atom stereocenters. The first-order valence-corrected chi connectivity index (χ1v) is 8.88. The zero-order valence-corrected chi connectivity index (χ0v) is 16.0. The van der Waals surface area contributed by atoms with Crippen LogP contribution in [0.15, 0.2) is 6.07 Å². The molecule has 1 aliphatic heterocycles. The van der Waals surface area contributed by atoms with Crippen molar-refractivity contribution in [1.29, 1.82) is 0 Å². The Hall–Kier alpha value is -1.62. The quantitative estimate of drug-likeness (QED) is 0.796. The second-order valence-corrected chi connectivity index (χ2v) is 7.72. The molecule has 1 amide bonds. The third-order valence-corrected chi connectivity index (χ3v) is 4.80. The molecule has 24 heavy (non-hydrogen) atoms. The van der Waals surface area contributed by atoms with E-state index in [2.05, 4.69) is 37.2 Å². The van der Waals surface area contributed by atoms with E-state index < -0.39 is 0 Å². The number of aromatic nitrogens is 1. The lowest BCUT2D eigenvalue weighted by Crippen LogP contribution is -2.49. The van der Waals surface area contributed by atoms with Gasteiger partial charge in [-0.25, -0.2) is 0 Å². The lowest BCUT2D eigenvalue weighted by atomic mass is 10.1. The van der Waals surface area contributed by atoms with E-state index in [1.54, 1.807) is 0 Å². The average Bonchev–Trinajstić information content (AvgIpc) is 2.82. The predicted molar refractivity (Wildman–Crippen MR) is 96.5 cm³/mol. The summed E-state index contributed by atoms with van der Waals surface area (Å²) >= 11 is 0. The van der Waals surface area contributed by atoms with Gasteiger partial charge in [0.25, 0.3) is 0 Å². The highest BCUT2D eigenvalue weighted by Crippen LogP contribution is 2.25. The van der Waals surface area contributed by atoms with E-state index in [4.69, 9.17) is 0 Å². The number of hydrogen-bond acceptors (Lipinski definition) is 3. The van der Waals surface area contributed by atoms with Crippen LogP contribution in [0.2, 0.25) is 0 Å². The van der Waals surface area contributed by atoms with Crippen LogP contribution in [-0.2, 0) is 10.3 Å². The Balaban J connectivity index is 2.03. The monoisotopic (exact) mass is 333 g/mol. The minimum absolute atomic E-state index is 0.0289. The molecule has 5 heteroatoms. The van der Waals surface area contributed by atoms with Gasteiger partial charge in [0, 0.05) is 55.1 Å². The van der Waals surface area contributed by atoms with Crippen molar-refractivity contribution in [1.82, 2.24) is 14.4 Å². The van der Waals surface area contributed by atoms with Crippen LogP contribution in [-0.4, -0.2) is 58.8 Å². The molecule has 1 fully saturated rings. The van der Waals surface area contributed by atoms with Crippen molar-refractivity contribution < 1.29 is 9.59 Å². The molecule has 1 saturated heterocycles. The fraction of sp³-hybridized carbons (Fsp3) is 0.684. The summed E-state index contributed by atoms with van der Waals surface area (Å²) in [6.45, 7) is 15.9. The number of Topliss-reactive ketones (excluding diaryl/α,β-unsaturated/α-hetero) is 1. The summed E-state index contributed by atoms with van der Waals surface area (Å²) < 4.78 is 2.23. The highest BCUT2D eigenvalue weighted by Gasteiger charge is 2.25. The molecule has 0 aliphatic carbocycles. The molecular formula is C19H31N3O2. The van der Waals surface area contributed by atoms with Crippen molar-refractivity contribution in [2.24, 2.45) is 0 Å². The van der Waals surface area contributed by atoms with Gasteiger partial charge in [0.05, 0.1) is 6.54 Å². The lowest BCUT2D eigenvalue weighted by Gasteiger charge is -2.34. The van der Waals surface area contributed by atoms with Crippen LogP contribution in [0.5, 0.6) is 0 Å². The highest BCUT2D eigenvalue weighted by molar-refractivity contribution is 5.99. The van der Waals surface area contributed by atoms with Crippen molar-refractivity contribution >= 4 is 11.7 Å². The Kier molecular flexibility index (Phi) is 5.53. The zero-order chi connectivity index (χ0) is 18.1. The second kappa shape index (κ2) is 7.09. The Morgan fingerprint density at radius 3 is 2.12 bits per heavy atom. The van der Waals surface area contributed by atoms with E-state index in [0.717, 1.165) is 43.1 Å². The second-order valence-electron chi connectivity index (χ2n) is 7.72. The third-order valence-electron chi connectivity index (χ3n) is 4.80. The largest absolute Gasteiger partial charge is 0.343 e. The van der Waals surface area contributed by atoms with E-state index >= 15 is 0 Å². The Labute approximate surface area is 145 Å². The van der Waals surface area contributed by atoms with Crippen LogP contribution in [0, 0.1) is 13.8 Å². The number of hydrogen-bond donors (Lipinski definition) is 0. The first-order chi connectivity index (χ1) is 11.1. The molecule has 2 heterocycles. The average molecular weight is 333 g/mol. The fourth-order valence-electron chi connectivity index (χ4n) is 3.74. The summed E-state index contributed by atoms with van der Waals surface area (Å²) in [6.07, 6.45) is 0.553. The van der Waals surface area contributed by atoms with Crippen molar-refractivity contribution in [2.75, 3.05) is 32.7 Å². The van der Waals surface area contributed by atoms with Crippen LogP contribution >= 0.6 is 0 Å². The number of carbonyl (C=O) groups excluding carboxylic acids is 2. The van der Waals surface area contributed by atoms with Gasteiger partial charge < -0.3 is 9.47 Å². The highest BCUT2D eigenvalue weighted by atomic mass is 16.2. The number of nitrogens with zero attached hydrogens (tertiary/aromatic N) is 3. The maximum absolute atomic E-state index is 12.8. The molecule has 0 aromatic carbocycles. The van der Waals surface area contributed by atoms with Crippen LogP contribution in [0.3, 0.4) is 0 Å². The van der Waals surface area contributed by atoms with Gasteiger partial charge in [0.1, 0.15) is 0 Å². The summed E-state index contributed by atoms with van der Waals surface area (Å²) in [7, 11) is 0. The van der Waals surface area contributed by atoms with E-state index in [9.17, 15) is 9.59 Å². The number of amides is 1. The Morgan fingerprint density at radius 2 is 1.67 bits per heavy atom. The number of piperazine rings is 1. The van der Waals surface area contributed by atoms with Crippen molar-refractivity contribution in [2.45, 2.75) is 53.5 Å². The molecule has 134 valence electrons. The van der Waals surface area contributed by atoms with Crippen LogP contribution in [0.4, 0.5) is 0 Å². The Morgan fingerprint density at radius 1 is 1.08 bits per heavy atom. The Bertz CT molecular complexity index is 617. The maximum Gasteiger partial charge on any atom is 0.222 e. The van der Waals surface area contributed by atoms with Gasteiger partial charge in [0.2, 0.25) is 5.91 Å². The molecule has 0 saturated carbocycles. The van der Waals surface area contributed by atoms with Gasteiger partial charge in [-0.15, -0.1) is 0 Å². The van der Waals surface area contributed by atoms with Crippen LogP contribution in [0.1, 0.15) is 55.9 Å². The molecular weight excluding hydrogens is 302 g/mol. The molecule has 5 nitrogen and oxygen atoms in total. The van der Waals surface area contributed by atoms with Gasteiger partial charge in [-0.2, -0.15) is 0 Å². The summed E-state index contributed by atoms with van der Waals surface area (Å²) in [5.74, 6) is 0.378. The van der Waals surface area contributed by atoms with Crippen molar-refractivity contribution in [3.8, 4) is 0 Å². The summed E-state index contributed by atoms with van der Waals surface area (Å²) in [5, 5.41) is 0. The standard InChI is InChI=1S/C19H31N3O2/c1-7-18(24)21-10-8-20(9-11-21)13-17(23)16-12-14(2)22(15(16)3)19(4,5)6/h12H,7-11,13H2,1-6H3. The number of rotatable bonds is 4. The molecule has 0 atom stereocenters. The molecule has 0 bridgehead atoms. The minimum atomic E-state index is -0.0289. The van der Waals surface area contributed by atoms with Crippen LogP contribution < -0.4 is 0 Å². The van der Waals surface area contributed by atoms with E-state index in [1.807, 2.05) is 24.8 Å². The van der Waals surface area contributed by atoms with Crippen molar-refractivity contribution in [3.05, 3.63) is 23.0 Å². The molecule has 1 aliphatic rings. The van der Waals surface area contributed by atoms with Crippen LogP contribution in [0.25, 0.3) is 0 Å². The lowest BCUT2D eigenvalue weighted by molar-refractivity contribution is -0.132.